The van der Waals surface area contributed by atoms with Crippen LogP contribution in [0.5, 0.6) is 5.75 Å². The molecule has 2 aromatic rings. The predicted octanol–water partition coefficient (Wildman–Crippen LogP) is 3.27. The van der Waals surface area contributed by atoms with Crippen LogP contribution < -0.4 is 10.1 Å². The second kappa shape index (κ2) is 11.2. The van der Waals surface area contributed by atoms with E-state index in [1.54, 1.807) is 26.0 Å². The molecule has 0 spiro atoms. The Balaban J connectivity index is 1.38. The topological polar surface area (TPSA) is 88.2 Å². The Hall–Kier alpha value is -3.23. The molecule has 0 saturated carbocycles. The molecule has 2 aromatic carbocycles. The van der Waals surface area contributed by atoms with E-state index < -0.39 is 11.9 Å². The summed E-state index contributed by atoms with van der Waals surface area (Å²) >= 11 is 0. The van der Waals surface area contributed by atoms with Gasteiger partial charge in [-0.1, -0.05) is 37.3 Å². The summed E-state index contributed by atoms with van der Waals surface area (Å²) in [7, 11) is 0. The van der Waals surface area contributed by atoms with Gasteiger partial charge in [0.25, 0.3) is 5.91 Å². The van der Waals surface area contributed by atoms with Crippen LogP contribution in [-0.2, 0) is 34.0 Å². The van der Waals surface area contributed by atoms with Gasteiger partial charge in [0.1, 0.15) is 18.4 Å². The van der Waals surface area contributed by atoms with Crippen LogP contribution in [0, 0.1) is 0 Å². The van der Waals surface area contributed by atoms with Gasteiger partial charge in [-0.25, -0.2) is 0 Å². The van der Waals surface area contributed by atoms with E-state index in [4.69, 9.17) is 9.47 Å². The lowest BCUT2D eigenvalue weighted by Crippen LogP contribution is -2.48. The van der Waals surface area contributed by atoms with E-state index in [1.165, 1.54) is 10.5 Å². The van der Waals surface area contributed by atoms with E-state index in [0.29, 0.717) is 30.0 Å². The summed E-state index contributed by atoms with van der Waals surface area (Å²) in [5.41, 5.74) is 3.57. The zero-order chi connectivity index (χ0) is 25.8. The van der Waals surface area contributed by atoms with Crippen LogP contribution in [0.25, 0.3) is 0 Å². The molecule has 1 fully saturated rings. The number of nitrogens with one attached hydrogen (secondary N) is 1. The van der Waals surface area contributed by atoms with E-state index in [9.17, 15) is 14.4 Å². The maximum atomic E-state index is 13.0. The minimum atomic E-state index is -0.766. The van der Waals surface area contributed by atoms with Crippen molar-refractivity contribution in [2.24, 2.45) is 0 Å². The maximum absolute atomic E-state index is 13.0. The van der Waals surface area contributed by atoms with Crippen molar-refractivity contribution in [1.29, 1.82) is 0 Å². The summed E-state index contributed by atoms with van der Waals surface area (Å²) in [6, 6.07) is 13.8. The molecule has 4 rings (SSSR count). The lowest BCUT2D eigenvalue weighted by molar-refractivity contribution is -0.132. The molecule has 8 nitrogen and oxygen atoms in total. The molecule has 2 heterocycles. The normalized spacial score (nSPS) is 20.7. The first-order valence-electron chi connectivity index (χ1n) is 12.6. The quantitative estimate of drug-likeness (QED) is 0.607. The SMILES string of the molecule is CCC(=O)NC(=O)C(C)N1Cc2c(OCc3ccc(CN4[C@H](C)COC[C@@H]4C)cc3)cccc2C1=O. The van der Waals surface area contributed by atoms with Crippen molar-refractivity contribution < 1.29 is 23.9 Å². The predicted molar refractivity (Wildman–Crippen MR) is 135 cm³/mol. The molecular formula is C28H35N3O5. The second-order valence-corrected chi connectivity index (χ2v) is 9.67. The average molecular weight is 494 g/mol. The fourth-order valence-corrected chi connectivity index (χ4v) is 4.71. The van der Waals surface area contributed by atoms with Crippen LogP contribution in [0.3, 0.4) is 0 Å². The smallest absolute Gasteiger partial charge is 0.255 e. The minimum Gasteiger partial charge on any atom is -0.489 e. The van der Waals surface area contributed by atoms with Crippen molar-refractivity contribution >= 4 is 17.7 Å². The van der Waals surface area contributed by atoms with Crippen molar-refractivity contribution in [3.8, 4) is 5.75 Å². The monoisotopic (exact) mass is 493 g/mol. The molecule has 192 valence electrons. The van der Waals surface area contributed by atoms with Gasteiger partial charge in [-0.3, -0.25) is 24.6 Å². The van der Waals surface area contributed by atoms with Crippen LogP contribution in [0.1, 0.15) is 61.2 Å². The Labute approximate surface area is 212 Å². The minimum absolute atomic E-state index is 0.205. The van der Waals surface area contributed by atoms with E-state index in [-0.39, 0.29) is 24.8 Å². The molecule has 36 heavy (non-hydrogen) atoms. The maximum Gasteiger partial charge on any atom is 0.255 e. The standard InChI is InChI=1S/C28H35N3O5/c1-5-26(32)29-27(33)20(4)31-14-24-23(28(31)34)7-6-8-25(24)36-17-22-11-9-21(10-12-22)13-30-18(2)15-35-16-19(30)3/h6-12,18-20H,5,13-17H2,1-4H3,(H,29,32,33)/t18-,19+,20?. The fraction of sp³-hybridized carbons (Fsp3) is 0.464. The third kappa shape index (κ3) is 5.60. The Kier molecular flexibility index (Phi) is 8.06. The molecule has 3 amide bonds. The van der Waals surface area contributed by atoms with Crippen LogP contribution in [-0.4, -0.2) is 58.9 Å². The largest absolute Gasteiger partial charge is 0.489 e. The van der Waals surface area contributed by atoms with Gasteiger partial charge in [-0.15, -0.1) is 0 Å². The van der Waals surface area contributed by atoms with Crippen molar-refractivity contribution in [1.82, 2.24) is 15.1 Å². The van der Waals surface area contributed by atoms with Gasteiger partial charge in [0.05, 0.1) is 19.8 Å². The van der Waals surface area contributed by atoms with Crippen LogP contribution in [0.15, 0.2) is 42.5 Å². The van der Waals surface area contributed by atoms with Gasteiger partial charge in [-0.05, 0) is 44.0 Å². The van der Waals surface area contributed by atoms with Crippen LogP contribution in [0.4, 0.5) is 0 Å². The van der Waals surface area contributed by atoms with Gasteiger partial charge >= 0.3 is 0 Å². The zero-order valence-electron chi connectivity index (χ0n) is 21.5. The first-order valence-corrected chi connectivity index (χ1v) is 12.6. The highest BCUT2D eigenvalue weighted by atomic mass is 16.5. The molecule has 1 saturated heterocycles. The molecule has 0 aromatic heterocycles. The molecule has 1 N–H and O–H groups in total. The van der Waals surface area contributed by atoms with E-state index >= 15 is 0 Å². The number of hydrogen-bond acceptors (Lipinski definition) is 6. The van der Waals surface area contributed by atoms with Crippen LogP contribution >= 0.6 is 0 Å². The molecule has 0 bridgehead atoms. The summed E-state index contributed by atoms with van der Waals surface area (Å²) in [6.07, 6.45) is 0.205. The fourth-order valence-electron chi connectivity index (χ4n) is 4.71. The first kappa shape index (κ1) is 25.9. The Morgan fingerprint density at radius 3 is 2.42 bits per heavy atom. The van der Waals surface area contributed by atoms with E-state index in [0.717, 1.165) is 30.9 Å². The number of nitrogens with zero attached hydrogens (tertiary/aromatic N) is 2. The summed E-state index contributed by atoms with van der Waals surface area (Å²) in [4.78, 5) is 40.9. The Bertz CT molecular complexity index is 1110. The summed E-state index contributed by atoms with van der Waals surface area (Å²) < 4.78 is 11.7. The molecular weight excluding hydrogens is 458 g/mol. The highest BCUT2D eigenvalue weighted by Crippen LogP contribution is 2.32. The Morgan fingerprint density at radius 2 is 1.75 bits per heavy atom. The van der Waals surface area contributed by atoms with Gasteiger partial charge in [0.2, 0.25) is 11.8 Å². The number of amides is 3. The molecule has 0 radical (unpaired) electrons. The number of benzene rings is 2. The number of morpholine rings is 1. The average Bonchev–Trinajstić information content (AvgIpc) is 3.22. The highest BCUT2D eigenvalue weighted by Gasteiger charge is 2.36. The van der Waals surface area contributed by atoms with E-state index in [1.807, 2.05) is 6.07 Å². The number of rotatable bonds is 8. The molecule has 8 heteroatoms. The van der Waals surface area contributed by atoms with Crippen molar-refractivity contribution in [2.45, 2.75) is 71.9 Å². The second-order valence-electron chi connectivity index (χ2n) is 9.67. The molecule has 2 aliphatic heterocycles. The number of carbonyl (C=O) groups is 3. The summed E-state index contributed by atoms with van der Waals surface area (Å²) in [6.45, 7) is 10.7. The van der Waals surface area contributed by atoms with Crippen molar-refractivity contribution in [2.75, 3.05) is 13.2 Å². The molecule has 3 atom stereocenters. The van der Waals surface area contributed by atoms with E-state index in [2.05, 4.69) is 48.3 Å². The number of fused-ring (bicyclic) bond motifs is 1. The Morgan fingerprint density at radius 1 is 1.08 bits per heavy atom. The molecule has 2 aliphatic rings. The van der Waals surface area contributed by atoms with Crippen molar-refractivity contribution in [3.63, 3.8) is 0 Å². The lowest BCUT2D eigenvalue weighted by atomic mass is 10.1. The third-order valence-corrected chi connectivity index (χ3v) is 7.02. The number of hydrogen-bond donors (Lipinski definition) is 1. The number of ether oxygens (including phenoxy) is 2. The molecule has 0 aliphatic carbocycles. The highest BCUT2D eigenvalue weighted by molar-refractivity contribution is 6.04. The van der Waals surface area contributed by atoms with Crippen molar-refractivity contribution in [3.05, 3.63) is 64.7 Å². The van der Waals surface area contributed by atoms with Gasteiger partial charge in [0, 0.05) is 36.2 Å². The van der Waals surface area contributed by atoms with Gasteiger partial charge < -0.3 is 14.4 Å². The summed E-state index contributed by atoms with van der Waals surface area (Å²) in [5.74, 6) is -0.454. The molecule has 1 unspecified atom stereocenters. The first-order chi connectivity index (χ1) is 17.3. The van der Waals surface area contributed by atoms with Crippen LogP contribution in [0.2, 0.25) is 0 Å². The summed E-state index contributed by atoms with van der Waals surface area (Å²) in [5, 5.41) is 2.34. The number of imide groups is 1. The zero-order valence-corrected chi connectivity index (χ0v) is 21.5. The third-order valence-electron chi connectivity index (χ3n) is 7.02. The lowest BCUT2D eigenvalue weighted by Gasteiger charge is -2.38. The number of carbonyl (C=O) groups excluding carboxylic acids is 3. The van der Waals surface area contributed by atoms with Gasteiger partial charge in [-0.2, -0.15) is 0 Å². The van der Waals surface area contributed by atoms with Gasteiger partial charge in [0.15, 0.2) is 0 Å².